The molecular formula is C44H51N9O4. The minimum atomic E-state index is -0.329. The zero-order valence-corrected chi connectivity index (χ0v) is 33.1. The lowest BCUT2D eigenvalue weighted by molar-refractivity contribution is -0.120. The molecule has 13 heteroatoms. The van der Waals surface area contributed by atoms with Crippen LogP contribution in [0.15, 0.2) is 97.1 Å². The van der Waals surface area contributed by atoms with Crippen LogP contribution in [-0.2, 0) is 14.4 Å². The molecule has 0 unspecified atom stereocenters. The van der Waals surface area contributed by atoms with Gasteiger partial charge < -0.3 is 35.6 Å². The third-order valence-electron chi connectivity index (χ3n) is 11.0. The largest absolute Gasteiger partial charge is 0.354 e. The van der Waals surface area contributed by atoms with Crippen LogP contribution in [0.1, 0.15) is 21.5 Å². The molecule has 0 saturated carbocycles. The molecule has 57 heavy (non-hydrogen) atoms. The number of benzene rings is 4. The molecule has 0 bridgehead atoms. The normalized spacial score (nSPS) is 17.4. The number of likely N-dealkylation sites (N-methyl/N-ethyl adjacent to an activating group) is 4. The summed E-state index contributed by atoms with van der Waals surface area (Å²) in [6.45, 7) is 8.01. The van der Waals surface area contributed by atoms with Crippen molar-refractivity contribution in [1.82, 2.24) is 19.6 Å². The molecule has 4 amide bonds. The lowest BCUT2D eigenvalue weighted by Gasteiger charge is -2.32. The Balaban J connectivity index is 1.03. The zero-order valence-electron chi connectivity index (χ0n) is 33.1. The molecule has 3 aliphatic rings. The lowest BCUT2D eigenvalue weighted by Crippen LogP contribution is -2.48. The van der Waals surface area contributed by atoms with E-state index in [1.165, 1.54) is 0 Å². The number of hydrogen-bond acceptors (Lipinski definition) is 9. The maximum atomic E-state index is 13.7. The molecule has 0 spiro atoms. The summed E-state index contributed by atoms with van der Waals surface area (Å²) in [5.74, 6) is -0.570. The molecule has 4 aromatic carbocycles. The number of fused-ring (bicyclic) bond motifs is 1. The summed E-state index contributed by atoms with van der Waals surface area (Å²) in [4.78, 5) is 65.4. The Hall–Kier alpha value is -5.86. The van der Waals surface area contributed by atoms with Crippen LogP contribution in [0.3, 0.4) is 0 Å². The van der Waals surface area contributed by atoms with E-state index in [0.717, 1.165) is 75.0 Å². The standard InChI is InChI=1S/C44H51N9O4/c1-48-20-24-52(25-21-48)29-39(54)50(3)35-15-11-33(12-16-35)45-42(31-8-6-5-7-9-31)41-37-19-10-32(28-38(37)47-44(41)57)43(56)46-34-13-17-36(18-14-34)51(4)40(55)30-53-26-22-49(2)23-27-53/h5-19,28,45H,20-27,29-30H2,1-4H3,(H,46,56)(H,47,57)/b42-41-. The number of carbonyl (C=O) groups excluding carboxylic acids is 4. The Morgan fingerprint density at radius 1 is 0.614 bits per heavy atom. The summed E-state index contributed by atoms with van der Waals surface area (Å²) in [7, 11) is 7.74. The number of nitrogens with one attached hydrogen (secondary N) is 3. The van der Waals surface area contributed by atoms with E-state index < -0.39 is 0 Å². The fourth-order valence-corrected chi connectivity index (χ4v) is 7.23. The van der Waals surface area contributed by atoms with Gasteiger partial charge >= 0.3 is 0 Å². The molecule has 0 atom stereocenters. The fraction of sp³-hybridized carbons (Fsp3) is 0.318. The van der Waals surface area contributed by atoms with Gasteiger partial charge in [0, 0.05) is 106 Å². The van der Waals surface area contributed by atoms with E-state index in [1.54, 1.807) is 54.2 Å². The Bertz CT molecular complexity index is 2120. The SMILES string of the molecule is CN1CCN(CC(=O)N(C)c2ccc(NC(=O)c3ccc4c(c3)NC(=O)/C4=C(\Nc3ccc(N(C)C(=O)CN4CCN(C)CC4)cc3)c3ccccc3)cc2)CC1. The van der Waals surface area contributed by atoms with Crippen molar-refractivity contribution in [2.75, 3.05) is 119 Å². The molecule has 2 saturated heterocycles. The number of rotatable bonds is 11. The molecule has 0 radical (unpaired) electrons. The van der Waals surface area contributed by atoms with Crippen LogP contribution in [0.25, 0.3) is 11.3 Å². The minimum Gasteiger partial charge on any atom is -0.354 e. The molecular weight excluding hydrogens is 719 g/mol. The van der Waals surface area contributed by atoms with Crippen molar-refractivity contribution in [2.45, 2.75) is 0 Å². The van der Waals surface area contributed by atoms with Crippen LogP contribution in [0.4, 0.5) is 28.4 Å². The van der Waals surface area contributed by atoms with Crippen LogP contribution in [0.5, 0.6) is 0 Å². The number of piperazine rings is 2. The predicted octanol–water partition coefficient (Wildman–Crippen LogP) is 4.29. The zero-order chi connectivity index (χ0) is 40.1. The number of carbonyl (C=O) groups is 4. The highest BCUT2D eigenvalue weighted by atomic mass is 16.2. The third-order valence-corrected chi connectivity index (χ3v) is 11.0. The molecule has 13 nitrogen and oxygen atoms in total. The van der Waals surface area contributed by atoms with Gasteiger partial charge in [-0.3, -0.25) is 29.0 Å². The third kappa shape index (κ3) is 9.41. The van der Waals surface area contributed by atoms with Crippen LogP contribution in [-0.4, -0.2) is 137 Å². The average Bonchev–Trinajstić information content (AvgIpc) is 3.56. The van der Waals surface area contributed by atoms with Crippen molar-refractivity contribution in [3.8, 4) is 0 Å². The van der Waals surface area contributed by atoms with Gasteiger partial charge in [-0.1, -0.05) is 36.4 Å². The monoisotopic (exact) mass is 769 g/mol. The van der Waals surface area contributed by atoms with Gasteiger partial charge in [-0.25, -0.2) is 0 Å². The van der Waals surface area contributed by atoms with E-state index in [4.69, 9.17) is 0 Å². The second-order valence-corrected chi connectivity index (χ2v) is 15.1. The van der Waals surface area contributed by atoms with Crippen molar-refractivity contribution in [3.63, 3.8) is 0 Å². The smallest absolute Gasteiger partial charge is 0.258 e. The molecule has 296 valence electrons. The van der Waals surface area contributed by atoms with Gasteiger partial charge in [0.2, 0.25) is 11.8 Å². The van der Waals surface area contributed by atoms with Crippen LogP contribution in [0.2, 0.25) is 0 Å². The van der Waals surface area contributed by atoms with Crippen molar-refractivity contribution in [1.29, 1.82) is 0 Å². The Morgan fingerprint density at radius 2 is 1.11 bits per heavy atom. The summed E-state index contributed by atoms with van der Waals surface area (Å²) in [5.41, 5.74) is 6.32. The number of amides is 4. The Morgan fingerprint density at radius 3 is 1.61 bits per heavy atom. The van der Waals surface area contributed by atoms with Crippen LogP contribution < -0.4 is 25.8 Å². The van der Waals surface area contributed by atoms with E-state index >= 15 is 0 Å². The minimum absolute atomic E-state index is 0.0154. The lowest BCUT2D eigenvalue weighted by atomic mass is 9.98. The molecule has 3 aliphatic heterocycles. The topological polar surface area (TPSA) is 124 Å². The van der Waals surface area contributed by atoms with Gasteiger partial charge in [-0.05, 0) is 80.3 Å². The molecule has 0 aliphatic carbocycles. The average molecular weight is 770 g/mol. The first-order valence-electron chi connectivity index (χ1n) is 19.4. The first-order chi connectivity index (χ1) is 27.5. The summed E-state index contributed by atoms with van der Waals surface area (Å²) >= 11 is 0. The first kappa shape index (κ1) is 39.4. The number of nitrogens with zero attached hydrogens (tertiary/aromatic N) is 6. The van der Waals surface area contributed by atoms with Gasteiger partial charge in [0.05, 0.1) is 24.4 Å². The Kier molecular flexibility index (Phi) is 12.1. The van der Waals surface area contributed by atoms with Crippen molar-refractivity contribution < 1.29 is 19.2 Å². The summed E-state index contributed by atoms with van der Waals surface area (Å²) in [5, 5.41) is 9.38. The first-order valence-corrected chi connectivity index (χ1v) is 19.4. The highest BCUT2D eigenvalue weighted by Crippen LogP contribution is 2.38. The summed E-state index contributed by atoms with van der Waals surface area (Å²) < 4.78 is 0. The van der Waals surface area contributed by atoms with Crippen LogP contribution in [0, 0.1) is 0 Å². The molecule has 2 fully saturated rings. The highest BCUT2D eigenvalue weighted by molar-refractivity contribution is 6.37. The van der Waals surface area contributed by atoms with Crippen molar-refractivity contribution >= 4 is 63.3 Å². The van der Waals surface area contributed by atoms with Gasteiger partial charge in [0.25, 0.3) is 11.8 Å². The maximum Gasteiger partial charge on any atom is 0.258 e. The maximum absolute atomic E-state index is 13.7. The Labute approximate surface area is 334 Å². The number of hydrogen-bond donors (Lipinski definition) is 3. The quantitative estimate of drug-likeness (QED) is 0.192. The van der Waals surface area contributed by atoms with Crippen LogP contribution >= 0.6 is 0 Å². The molecule has 4 aromatic rings. The summed E-state index contributed by atoms with van der Waals surface area (Å²) in [6, 6.07) is 29.6. The van der Waals surface area contributed by atoms with Gasteiger partial charge in [0.1, 0.15) is 0 Å². The molecule has 0 aromatic heterocycles. The van der Waals surface area contributed by atoms with E-state index in [1.807, 2.05) is 66.7 Å². The van der Waals surface area contributed by atoms with Crippen molar-refractivity contribution in [3.05, 3.63) is 114 Å². The molecule has 3 N–H and O–H groups in total. The van der Waals surface area contributed by atoms with E-state index in [0.29, 0.717) is 46.9 Å². The van der Waals surface area contributed by atoms with E-state index in [9.17, 15) is 19.2 Å². The number of anilines is 5. The fourth-order valence-electron chi connectivity index (χ4n) is 7.23. The predicted molar refractivity (Wildman–Crippen MR) is 227 cm³/mol. The summed E-state index contributed by atoms with van der Waals surface area (Å²) in [6.07, 6.45) is 0. The van der Waals surface area contributed by atoms with Crippen molar-refractivity contribution in [2.24, 2.45) is 0 Å². The second-order valence-electron chi connectivity index (χ2n) is 15.1. The van der Waals surface area contributed by atoms with Gasteiger partial charge in [-0.2, -0.15) is 0 Å². The second kappa shape index (κ2) is 17.5. The van der Waals surface area contributed by atoms with E-state index in [-0.39, 0.29) is 23.6 Å². The highest BCUT2D eigenvalue weighted by Gasteiger charge is 2.30. The molecule has 3 heterocycles. The van der Waals surface area contributed by atoms with E-state index in [2.05, 4.69) is 49.6 Å². The van der Waals surface area contributed by atoms with Gasteiger partial charge in [0.15, 0.2) is 0 Å². The van der Waals surface area contributed by atoms with Gasteiger partial charge in [-0.15, -0.1) is 0 Å². The molecule has 7 rings (SSSR count).